The molecule has 0 aromatic heterocycles. The molecule has 6 aliphatic rings. The quantitative estimate of drug-likeness (QED) is 0.405. The third-order valence-corrected chi connectivity index (χ3v) is 7.26. The summed E-state index contributed by atoms with van der Waals surface area (Å²) in [4.78, 5) is 104. The minimum absolute atomic E-state index is 0.164. The molecule has 0 radical (unpaired) electrons. The number of ether oxygens (including phenoxy) is 1. The highest BCUT2D eigenvalue weighted by Gasteiger charge is 2.54. The maximum absolute atomic E-state index is 12.6. The first-order chi connectivity index (χ1) is 19.6. The van der Waals surface area contributed by atoms with Crippen LogP contribution < -0.4 is 0 Å². The smallest absolute Gasteiger partial charge is 0.255 e. The van der Waals surface area contributed by atoms with Crippen LogP contribution in [0.1, 0.15) is 12.8 Å². The van der Waals surface area contributed by atoms with E-state index in [1.807, 2.05) is 0 Å². The Balaban J connectivity index is 1.26. The molecule has 0 spiro atoms. The molecular weight excluding hydrogens is 536 g/mol. The average Bonchev–Trinajstić information content (AvgIpc) is 3.68. The van der Waals surface area contributed by atoms with E-state index in [1.165, 1.54) is 36.5 Å². The number of nitrogens with zero attached hydrogens (tertiary/aromatic N) is 4. The van der Waals surface area contributed by atoms with Gasteiger partial charge in [0.25, 0.3) is 47.3 Å². The van der Waals surface area contributed by atoms with Crippen LogP contribution in [0.25, 0.3) is 0 Å². The van der Waals surface area contributed by atoms with Crippen molar-refractivity contribution in [1.29, 1.82) is 0 Å². The van der Waals surface area contributed by atoms with Gasteiger partial charge in [0.05, 0.1) is 0 Å². The van der Waals surface area contributed by atoms with Crippen LogP contribution >= 0.6 is 0 Å². The minimum atomic E-state index is -1.74. The molecule has 13 nitrogen and oxygen atoms in total. The van der Waals surface area contributed by atoms with Crippen LogP contribution in [0.5, 0.6) is 0 Å². The molecule has 0 saturated carbocycles. The molecule has 0 aromatic rings. The molecule has 0 saturated heterocycles. The lowest BCUT2D eigenvalue weighted by molar-refractivity contribution is -0.162. The highest BCUT2D eigenvalue weighted by molar-refractivity contribution is 6.18. The van der Waals surface area contributed by atoms with Crippen molar-refractivity contribution in [2.45, 2.75) is 24.2 Å². The van der Waals surface area contributed by atoms with Gasteiger partial charge in [-0.2, -0.15) is 0 Å². The molecule has 0 atom stereocenters. The molecule has 4 aliphatic heterocycles. The average molecular weight is 554 g/mol. The van der Waals surface area contributed by atoms with Crippen molar-refractivity contribution in [3.63, 3.8) is 0 Å². The summed E-state index contributed by atoms with van der Waals surface area (Å²) in [5, 5.41) is 0. The zero-order valence-corrected chi connectivity index (χ0v) is 21.0. The van der Waals surface area contributed by atoms with E-state index in [0.717, 1.165) is 68.2 Å². The van der Waals surface area contributed by atoms with Crippen molar-refractivity contribution in [1.82, 2.24) is 19.6 Å². The van der Waals surface area contributed by atoms with Gasteiger partial charge in [0.1, 0.15) is 11.5 Å². The standard InChI is InChI=1S/C28H18N4O9/c33-19-1-2-20(34)29(19)27(30-21(35)3-4-22(30)36)13-9-17(10-14-27)41-18-11-15-28(16-12-18,31-23(37)5-6-24(31)38)32-25(39)7-8-26(32)40/h1-13,15H,14,16H2. The fourth-order valence-corrected chi connectivity index (χ4v) is 5.48. The van der Waals surface area contributed by atoms with Crippen LogP contribution in [-0.4, -0.2) is 78.2 Å². The molecule has 204 valence electrons. The molecule has 0 bridgehead atoms. The number of carbonyl (C=O) groups excluding carboxylic acids is 8. The second kappa shape index (κ2) is 8.91. The Morgan fingerprint density at radius 3 is 0.854 bits per heavy atom. The van der Waals surface area contributed by atoms with E-state index in [0.29, 0.717) is 0 Å². The molecule has 6 rings (SSSR count). The van der Waals surface area contributed by atoms with Gasteiger partial charge in [-0.05, 0) is 36.5 Å². The topological polar surface area (TPSA) is 159 Å². The Kier molecular flexibility index (Phi) is 5.55. The van der Waals surface area contributed by atoms with Gasteiger partial charge in [-0.25, -0.2) is 19.6 Å². The van der Waals surface area contributed by atoms with E-state index in [9.17, 15) is 38.4 Å². The van der Waals surface area contributed by atoms with Crippen molar-refractivity contribution >= 4 is 47.3 Å². The van der Waals surface area contributed by atoms with Gasteiger partial charge in [0.15, 0.2) is 11.3 Å². The van der Waals surface area contributed by atoms with Crippen molar-refractivity contribution in [3.8, 4) is 0 Å². The lowest BCUT2D eigenvalue weighted by atomic mass is 9.94. The van der Waals surface area contributed by atoms with Crippen molar-refractivity contribution in [2.24, 2.45) is 0 Å². The van der Waals surface area contributed by atoms with E-state index in [1.54, 1.807) is 0 Å². The number of carbonyl (C=O) groups is 8. The van der Waals surface area contributed by atoms with E-state index in [4.69, 9.17) is 4.74 Å². The van der Waals surface area contributed by atoms with Crippen molar-refractivity contribution in [3.05, 3.63) is 96.6 Å². The maximum Gasteiger partial charge on any atom is 0.255 e. The van der Waals surface area contributed by atoms with E-state index < -0.39 is 58.6 Å². The van der Waals surface area contributed by atoms with Crippen LogP contribution in [0.3, 0.4) is 0 Å². The first kappa shape index (κ1) is 25.6. The highest BCUT2D eigenvalue weighted by atomic mass is 16.5. The predicted octanol–water partition coefficient (Wildman–Crippen LogP) is -0.217. The minimum Gasteiger partial charge on any atom is -0.458 e. The maximum atomic E-state index is 12.6. The second-order valence-corrected chi connectivity index (χ2v) is 9.53. The van der Waals surface area contributed by atoms with Crippen molar-refractivity contribution in [2.75, 3.05) is 0 Å². The molecule has 2 aliphatic carbocycles. The van der Waals surface area contributed by atoms with Gasteiger partial charge >= 0.3 is 0 Å². The predicted molar refractivity (Wildman–Crippen MR) is 134 cm³/mol. The van der Waals surface area contributed by atoms with Gasteiger partial charge in [-0.15, -0.1) is 0 Å². The Bertz CT molecular complexity index is 1370. The van der Waals surface area contributed by atoms with Crippen LogP contribution in [0.15, 0.2) is 96.6 Å². The van der Waals surface area contributed by atoms with E-state index >= 15 is 0 Å². The van der Waals surface area contributed by atoms with Crippen LogP contribution in [0, 0.1) is 0 Å². The van der Waals surface area contributed by atoms with E-state index in [2.05, 4.69) is 0 Å². The van der Waals surface area contributed by atoms with Gasteiger partial charge in [0.2, 0.25) is 0 Å². The zero-order chi connectivity index (χ0) is 29.1. The van der Waals surface area contributed by atoms with E-state index in [-0.39, 0.29) is 24.4 Å². The van der Waals surface area contributed by atoms with Gasteiger partial charge in [0, 0.05) is 61.4 Å². The van der Waals surface area contributed by atoms with Crippen LogP contribution in [0.2, 0.25) is 0 Å². The third kappa shape index (κ3) is 3.70. The number of rotatable bonds is 6. The number of allylic oxidation sites excluding steroid dienone is 2. The molecule has 13 heteroatoms. The summed E-state index contributed by atoms with van der Waals surface area (Å²) >= 11 is 0. The summed E-state index contributed by atoms with van der Waals surface area (Å²) in [5.41, 5.74) is -3.47. The fraction of sp³-hybridized carbons (Fsp3) is 0.143. The van der Waals surface area contributed by atoms with Gasteiger partial charge in [-0.3, -0.25) is 38.4 Å². The summed E-state index contributed by atoms with van der Waals surface area (Å²) in [6.07, 6.45) is 16.5. The van der Waals surface area contributed by atoms with Crippen molar-refractivity contribution < 1.29 is 43.1 Å². The highest BCUT2D eigenvalue weighted by Crippen LogP contribution is 2.39. The number of amides is 8. The lowest BCUT2D eigenvalue weighted by Gasteiger charge is -2.44. The molecule has 0 unspecified atom stereocenters. The molecule has 0 aromatic carbocycles. The lowest BCUT2D eigenvalue weighted by Crippen LogP contribution is -2.63. The second-order valence-electron chi connectivity index (χ2n) is 9.53. The Labute approximate surface area is 230 Å². The third-order valence-electron chi connectivity index (χ3n) is 7.26. The zero-order valence-electron chi connectivity index (χ0n) is 21.0. The molecule has 4 heterocycles. The summed E-state index contributed by atoms with van der Waals surface area (Å²) in [5.74, 6) is -5.09. The molecule has 0 fully saturated rings. The Morgan fingerprint density at radius 2 is 0.659 bits per heavy atom. The number of imide groups is 4. The SMILES string of the molecule is O=C1C=CC(=O)N1C1(N2C(=O)C=CC2=O)C=CC(OC2=CCC(N3C(=O)C=CC3=O)(N3C(=O)C=CC3=O)C=C2)=CC1. The molecule has 0 N–H and O–H groups in total. The summed E-state index contributed by atoms with van der Waals surface area (Å²) < 4.78 is 5.92. The fourth-order valence-electron chi connectivity index (χ4n) is 5.48. The number of hydrogen-bond acceptors (Lipinski definition) is 9. The Morgan fingerprint density at radius 1 is 0.415 bits per heavy atom. The normalized spacial score (nSPS) is 24.2. The first-order valence-electron chi connectivity index (χ1n) is 12.3. The summed E-state index contributed by atoms with van der Waals surface area (Å²) in [6, 6.07) is 0. The van der Waals surface area contributed by atoms with Gasteiger partial charge < -0.3 is 4.74 Å². The van der Waals surface area contributed by atoms with Crippen LogP contribution in [0.4, 0.5) is 0 Å². The largest absolute Gasteiger partial charge is 0.458 e. The summed E-state index contributed by atoms with van der Waals surface area (Å²) in [6.45, 7) is 0. The monoisotopic (exact) mass is 554 g/mol. The Hall–Kier alpha value is -5.72. The van der Waals surface area contributed by atoms with Gasteiger partial charge in [-0.1, -0.05) is 0 Å². The molecular formula is C28H18N4O9. The number of hydrogen-bond donors (Lipinski definition) is 0. The molecule has 41 heavy (non-hydrogen) atoms. The first-order valence-corrected chi connectivity index (χ1v) is 12.3. The molecule has 8 amide bonds. The van der Waals surface area contributed by atoms with Crippen LogP contribution in [-0.2, 0) is 43.1 Å². The summed E-state index contributed by atoms with van der Waals surface area (Å²) in [7, 11) is 0.